The second-order valence-corrected chi connectivity index (χ2v) is 2.50. The van der Waals surface area contributed by atoms with Crippen LogP contribution in [0.25, 0.3) is 0 Å². The van der Waals surface area contributed by atoms with Gasteiger partial charge in [-0.2, -0.15) is 5.26 Å². The number of hydrogen-bond acceptors (Lipinski definition) is 3. The highest BCUT2D eigenvalue weighted by atomic mass is 35.5. The minimum atomic E-state index is -0.930. The summed E-state index contributed by atoms with van der Waals surface area (Å²) in [6.45, 7) is 0. The van der Waals surface area contributed by atoms with Crippen LogP contribution in [0.4, 0.5) is 4.39 Å². The van der Waals surface area contributed by atoms with E-state index >= 15 is 0 Å². The monoisotopic (exact) mass is 185 g/mol. The first-order valence-corrected chi connectivity index (χ1v) is 3.49. The Morgan fingerprint density at radius 3 is 3.00 bits per heavy atom. The molecule has 2 N–H and O–H groups in total. The van der Waals surface area contributed by atoms with Crippen LogP contribution in [0.1, 0.15) is 11.6 Å². The smallest absolute Gasteiger partial charge is 0.141 e. The van der Waals surface area contributed by atoms with Crippen LogP contribution in [0.3, 0.4) is 0 Å². The van der Waals surface area contributed by atoms with Crippen LogP contribution in [0.5, 0.6) is 0 Å². The summed E-state index contributed by atoms with van der Waals surface area (Å²) in [7, 11) is 0. The van der Waals surface area contributed by atoms with Gasteiger partial charge in [0.15, 0.2) is 0 Å². The maximum absolute atomic E-state index is 12.6. The van der Waals surface area contributed by atoms with E-state index in [0.717, 1.165) is 12.3 Å². The zero-order valence-electron chi connectivity index (χ0n) is 5.96. The molecule has 3 nitrogen and oxygen atoms in total. The van der Waals surface area contributed by atoms with Gasteiger partial charge >= 0.3 is 0 Å². The summed E-state index contributed by atoms with van der Waals surface area (Å²) in [6.07, 6.45) is 0.968. The highest BCUT2D eigenvalue weighted by molar-refractivity contribution is 6.30. The molecule has 1 rings (SSSR count). The van der Waals surface area contributed by atoms with E-state index in [1.54, 1.807) is 6.07 Å². The zero-order chi connectivity index (χ0) is 9.14. The average molecular weight is 186 g/mol. The number of nitriles is 1. The van der Waals surface area contributed by atoms with E-state index in [2.05, 4.69) is 4.98 Å². The lowest BCUT2D eigenvalue weighted by atomic mass is 10.1. The molecule has 1 heterocycles. The Morgan fingerprint density at radius 2 is 2.42 bits per heavy atom. The van der Waals surface area contributed by atoms with E-state index in [1.165, 1.54) is 0 Å². The normalized spacial score (nSPS) is 12.2. The number of rotatable bonds is 1. The van der Waals surface area contributed by atoms with Gasteiger partial charge in [0, 0.05) is 5.56 Å². The third-order valence-electron chi connectivity index (χ3n) is 1.31. The molecule has 1 aromatic heterocycles. The highest BCUT2D eigenvalue weighted by Crippen LogP contribution is 2.18. The van der Waals surface area contributed by atoms with Gasteiger partial charge in [-0.3, -0.25) is 0 Å². The number of pyridine rings is 1. The van der Waals surface area contributed by atoms with Gasteiger partial charge in [-0.25, -0.2) is 9.37 Å². The van der Waals surface area contributed by atoms with Crippen molar-refractivity contribution in [3.63, 3.8) is 0 Å². The molecule has 0 saturated heterocycles. The molecular weight excluding hydrogens is 181 g/mol. The third-order valence-corrected chi connectivity index (χ3v) is 1.62. The number of nitrogens with two attached hydrogens (primary N) is 1. The number of aromatic nitrogens is 1. The molecule has 0 spiro atoms. The van der Waals surface area contributed by atoms with Crippen molar-refractivity contribution >= 4 is 11.6 Å². The molecule has 1 atom stereocenters. The van der Waals surface area contributed by atoms with Gasteiger partial charge in [0.05, 0.1) is 12.3 Å². The Morgan fingerprint density at radius 1 is 1.75 bits per heavy atom. The third kappa shape index (κ3) is 1.70. The number of halogens is 2. The minimum absolute atomic E-state index is 0.0606. The molecule has 0 fully saturated rings. The van der Waals surface area contributed by atoms with Crippen LogP contribution in [-0.4, -0.2) is 4.98 Å². The molecule has 1 unspecified atom stereocenters. The summed E-state index contributed by atoms with van der Waals surface area (Å²) in [5, 5.41) is 8.48. The summed E-state index contributed by atoms with van der Waals surface area (Å²) in [5.41, 5.74) is 5.52. The number of nitrogens with zero attached hydrogens (tertiary/aromatic N) is 2. The van der Waals surface area contributed by atoms with Crippen LogP contribution < -0.4 is 5.73 Å². The predicted molar refractivity (Wildman–Crippen MR) is 41.7 cm³/mol. The van der Waals surface area contributed by atoms with Crippen molar-refractivity contribution in [3.05, 3.63) is 28.8 Å². The van der Waals surface area contributed by atoms with Gasteiger partial charge in [0.2, 0.25) is 0 Å². The number of hydrogen-bond donors (Lipinski definition) is 1. The quantitative estimate of drug-likeness (QED) is 0.673. The van der Waals surface area contributed by atoms with Crippen molar-refractivity contribution in [2.75, 3.05) is 0 Å². The Bertz CT molecular complexity index is 334. The molecular formula is C7H5ClFN3. The highest BCUT2D eigenvalue weighted by Gasteiger charge is 2.10. The first-order valence-electron chi connectivity index (χ1n) is 3.11. The fourth-order valence-electron chi connectivity index (χ4n) is 0.726. The molecule has 0 amide bonds. The van der Waals surface area contributed by atoms with E-state index in [1.807, 2.05) is 0 Å². The largest absolute Gasteiger partial charge is 0.312 e. The molecule has 0 radical (unpaired) electrons. The molecule has 1 aromatic rings. The first-order chi connectivity index (χ1) is 5.65. The molecule has 62 valence electrons. The van der Waals surface area contributed by atoms with Crippen LogP contribution in [0, 0.1) is 17.1 Å². The Kier molecular flexibility index (Phi) is 2.58. The molecule has 0 aromatic carbocycles. The maximum atomic E-state index is 12.6. The summed E-state index contributed by atoms with van der Waals surface area (Å²) >= 11 is 5.56. The Balaban J connectivity index is 3.15. The van der Waals surface area contributed by atoms with Crippen molar-refractivity contribution in [2.45, 2.75) is 6.04 Å². The predicted octanol–water partition coefficient (Wildman–Crippen LogP) is 1.40. The van der Waals surface area contributed by atoms with E-state index in [-0.39, 0.29) is 10.7 Å². The van der Waals surface area contributed by atoms with Gasteiger partial charge in [0.25, 0.3) is 0 Å². The molecule has 5 heteroatoms. The summed E-state index contributed by atoms with van der Waals surface area (Å²) in [5.74, 6) is -0.555. The molecule has 0 bridgehead atoms. The van der Waals surface area contributed by atoms with Crippen molar-refractivity contribution in [1.29, 1.82) is 5.26 Å². The lowest BCUT2D eigenvalue weighted by Gasteiger charge is -2.03. The van der Waals surface area contributed by atoms with E-state index in [0.29, 0.717) is 0 Å². The molecule has 12 heavy (non-hydrogen) atoms. The van der Waals surface area contributed by atoms with Gasteiger partial charge < -0.3 is 5.73 Å². The molecule has 0 aliphatic rings. The lowest BCUT2D eigenvalue weighted by Crippen LogP contribution is -2.08. The van der Waals surface area contributed by atoms with Crippen molar-refractivity contribution in [2.24, 2.45) is 5.73 Å². The topological polar surface area (TPSA) is 62.7 Å². The van der Waals surface area contributed by atoms with E-state index in [4.69, 9.17) is 22.6 Å². The standard InChI is InChI=1S/C7H5ClFN3/c8-7-5(6(11)2-10)1-4(9)3-12-7/h1,3,6H,11H2. The molecule has 0 saturated carbocycles. The summed E-state index contributed by atoms with van der Waals surface area (Å²) < 4.78 is 12.6. The van der Waals surface area contributed by atoms with Crippen molar-refractivity contribution in [3.8, 4) is 6.07 Å². The second-order valence-electron chi connectivity index (χ2n) is 2.14. The Labute approximate surface area is 73.6 Å². The zero-order valence-corrected chi connectivity index (χ0v) is 6.72. The van der Waals surface area contributed by atoms with Crippen LogP contribution in [-0.2, 0) is 0 Å². The fourth-order valence-corrected chi connectivity index (χ4v) is 0.947. The van der Waals surface area contributed by atoms with E-state index in [9.17, 15) is 4.39 Å². The van der Waals surface area contributed by atoms with Gasteiger partial charge in [-0.15, -0.1) is 0 Å². The van der Waals surface area contributed by atoms with Gasteiger partial charge in [0.1, 0.15) is 17.0 Å². The van der Waals surface area contributed by atoms with Crippen molar-refractivity contribution in [1.82, 2.24) is 4.98 Å². The Hall–Kier alpha value is -1.18. The molecule has 0 aliphatic carbocycles. The van der Waals surface area contributed by atoms with Crippen LogP contribution >= 0.6 is 11.6 Å². The SMILES string of the molecule is N#CC(N)c1cc(F)cnc1Cl. The maximum Gasteiger partial charge on any atom is 0.141 e. The lowest BCUT2D eigenvalue weighted by molar-refractivity contribution is 0.617. The summed E-state index contributed by atoms with van der Waals surface area (Å²) in [6, 6.07) is 1.91. The van der Waals surface area contributed by atoms with Crippen molar-refractivity contribution < 1.29 is 4.39 Å². The van der Waals surface area contributed by atoms with Crippen LogP contribution in [0.2, 0.25) is 5.15 Å². The minimum Gasteiger partial charge on any atom is -0.312 e. The summed E-state index contributed by atoms with van der Waals surface area (Å²) in [4.78, 5) is 3.51. The van der Waals surface area contributed by atoms with Gasteiger partial charge in [-0.1, -0.05) is 11.6 Å². The first kappa shape index (κ1) is 8.91. The second kappa shape index (κ2) is 3.48. The average Bonchev–Trinajstić information content (AvgIpc) is 2.08. The molecule has 0 aliphatic heterocycles. The van der Waals surface area contributed by atoms with Crippen LogP contribution in [0.15, 0.2) is 12.3 Å². The van der Waals surface area contributed by atoms with E-state index < -0.39 is 11.9 Å². The van der Waals surface area contributed by atoms with Gasteiger partial charge in [-0.05, 0) is 6.07 Å². The fraction of sp³-hybridized carbons (Fsp3) is 0.143.